The molecule has 2 amide bonds. The number of aromatic amines is 1. The lowest BCUT2D eigenvalue weighted by molar-refractivity contribution is -0.192. The second-order valence-electron chi connectivity index (χ2n) is 8.34. The molecule has 1 unspecified atom stereocenters. The molecule has 3 aromatic carbocycles. The van der Waals surface area contributed by atoms with Gasteiger partial charge in [-0.3, -0.25) is 15.0 Å². The third-order valence-electron chi connectivity index (χ3n) is 5.79. The Balaban J connectivity index is 0.000000493. The number of carboxylic acids is 1. The predicted octanol–water partition coefficient (Wildman–Crippen LogP) is 6.30. The Morgan fingerprint density at radius 1 is 1.12 bits per heavy atom. The van der Waals surface area contributed by atoms with Crippen LogP contribution in [0.3, 0.4) is 0 Å². The number of aliphatic carboxylic acids is 1. The molecule has 0 spiro atoms. The minimum atomic E-state index is -5.08. The van der Waals surface area contributed by atoms with E-state index in [1.54, 1.807) is 36.4 Å². The van der Waals surface area contributed by atoms with Crippen LogP contribution < -0.4 is 10.2 Å². The second kappa shape index (κ2) is 11.2. The van der Waals surface area contributed by atoms with Crippen LogP contribution >= 0.6 is 39.1 Å². The number of nitrogens with zero attached hydrogens (tertiary/aromatic N) is 2. The van der Waals surface area contributed by atoms with Crippen molar-refractivity contribution in [2.24, 2.45) is 0 Å². The number of imidazole rings is 1. The van der Waals surface area contributed by atoms with Gasteiger partial charge in [-0.25, -0.2) is 14.6 Å². The fourth-order valence-corrected chi connectivity index (χ4v) is 4.75. The number of hydrogen-bond donors (Lipinski definition) is 4. The number of aromatic nitrogens is 2. The largest absolute Gasteiger partial charge is 0.490 e. The van der Waals surface area contributed by atoms with Crippen LogP contribution in [0.15, 0.2) is 59.1 Å². The zero-order chi connectivity index (χ0) is 30.3. The van der Waals surface area contributed by atoms with Gasteiger partial charge in [0.25, 0.3) is 5.91 Å². The monoisotopic (exact) mass is 674 g/mol. The number of methoxy groups -OCH3 is 1. The quantitative estimate of drug-likeness (QED) is 0.200. The summed E-state index contributed by atoms with van der Waals surface area (Å²) in [6.45, 7) is 0. The topological polar surface area (TPSA) is 145 Å². The smallest absolute Gasteiger partial charge is 0.475 e. The maximum absolute atomic E-state index is 13.6. The van der Waals surface area contributed by atoms with Gasteiger partial charge in [0, 0.05) is 26.9 Å². The minimum Gasteiger partial charge on any atom is -0.475 e. The molecule has 4 N–H and O–H groups in total. The van der Waals surface area contributed by atoms with Crippen LogP contribution in [0.2, 0.25) is 10.0 Å². The molecule has 0 saturated heterocycles. The van der Waals surface area contributed by atoms with E-state index in [1.165, 1.54) is 24.1 Å². The van der Waals surface area contributed by atoms with Crippen LogP contribution in [-0.2, 0) is 15.3 Å². The molecule has 0 saturated carbocycles. The van der Waals surface area contributed by atoms with Crippen molar-refractivity contribution in [3.05, 3.63) is 85.8 Å². The molecule has 214 valence electrons. The number of benzene rings is 3. The molecule has 0 aliphatic carbocycles. The fourth-order valence-electron chi connectivity index (χ4n) is 4.04. The average molecular weight is 676 g/mol. The maximum Gasteiger partial charge on any atom is 0.490 e. The van der Waals surface area contributed by atoms with Crippen LogP contribution in [0.4, 0.5) is 29.6 Å². The Morgan fingerprint density at radius 2 is 1.78 bits per heavy atom. The summed E-state index contributed by atoms with van der Waals surface area (Å²) in [5.74, 6) is -3.02. The molecule has 10 nitrogen and oxygen atoms in total. The number of alkyl halides is 3. The molecular weight excluding hydrogens is 660 g/mol. The Bertz CT molecular complexity index is 1700. The van der Waals surface area contributed by atoms with Crippen molar-refractivity contribution in [2.75, 3.05) is 17.3 Å². The number of aliphatic hydroxyl groups is 1. The lowest BCUT2D eigenvalue weighted by Crippen LogP contribution is -2.45. The first kappa shape index (κ1) is 30.1. The van der Waals surface area contributed by atoms with Crippen molar-refractivity contribution in [2.45, 2.75) is 11.9 Å². The predicted molar refractivity (Wildman–Crippen MR) is 146 cm³/mol. The summed E-state index contributed by atoms with van der Waals surface area (Å²) in [4.78, 5) is 42.5. The van der Waals surface area contributed by atoms with E-state index in [0.29, 0.717) is 27.8 Å². The molecule has 1 aliphatic rings. The van der Waals surface area contributed by atoms with Crippen LogP contribution in [0.1, 0.15) is 21.5 Å². The lowest BCUT2D eigenvalue weighted by Gasteiger charge is -2.35. The van der Waals surface area contributed by atoms with E-state index in [2.05, 4.69) is 36.0 Å². The molecule has 0 fully saturated rings. The summed E-state index contributed by atoms with van der Waals surface area (Å²) >= 11 is 15.9. The minimum absolute atomic E-state index is 0.174. The van der Waals surface area contributed by atoms with Crippen molar-refractivity contribution in [3.63, 3.8) is 0 Å². The maximum atomic E-state index is 13.6. The van der Waals surface area contributed by atoms with Gasteiger partial charge in [0.15, 0.2) is 5.72 Å². The van der Waals surface area contributed by atoms with Gasteiger partial charge in [-0.15, -0.1) is 0 Å². The highest BCUT2D eigenvalue weighted by Gasteiger charge is 2.51. The summed E-state index contributed by atoms with van der Waals surface area (Å²) in [5.41, 5.74) is 0.505. The third kappa shape index (κ3) is 5.81. The molecule has 0 bridgehead atoms. The van der Waals surface area contributed by atoms with Crippen molar-refractivity contribution in [1.82, 2.24) is 9.97 Å². The number of rotatable bonds is 3. The summed E-state index contributed by atoms with van der Waals surface area (Å²) in [6.07, 6.45) is -5.76. The van der Waals surface area contributed by atoms with Crippen LogP contribution in [-0.4, -0.2) is 51.4 Å². The molecule has 1 aromatic heterocycles. The lowest BCUT2D eigenvalue weighted by atomic mass is 9.93. The first-order valence-corrected chi connectivity index (χ1v) is 12.7. The van der Waals surface area contributed by atoms with Crippen LogP contribution in [0, 0.1) is 0 Å². The van der Waals surface area contributed by atoms with Gasteiger partial charge in [-0.1, -0.05) is 51.3 Å². The number of carbonyl (C=O) groups is 3. The number of amides is 2. The first-order chi connectivity index (χ1) is 19.2. The van der Waals surface area contributed by atoms with Gasteiger partial charge in [0.2, 0.25) is 5.95 Å². The van der Waals surface area contributed by atoms with Gasteiger partial charge < -0.3 is 19.9 Å². The first-order valence-electron chi connectivity index (χ1n) is 11.1. The molecule has 1 atom stereocenters. The SMILES string of the molecule is COC(=O)Nc1nc2ccc(C3(O)c4cc(Cl)c(Cl)cc4C(=O)N3c3cccc(Br)c3)cc2[nH]1.O=C(O)C(F)(F)F. The number of anilines is 2. The van der Waals surface area contributed by atoms with Gasteiger partial charge >= 0.3 is 18.2 Å². The fraction of sp³-hybridized carbons (Fsp3) is 0.120. The van der Waals surface area contributed by atoms with Crippen molar-refractivity contribution in [3.8, 4) is 0 Å². The summed E-state index contributed by atoms with van der Waals surface area (Å²) in [7, 11) is 1.24. The summed E-state index contributed by atoms with van der Waals surface area (Å²) in [6, 6.07) is 15.0. The molecule has 2 heterocycles. The number of halogens is 6. The normalized spacial score (nSPS) is 16.2. The molecule has 4 aromatic rings. The van der Waals surface area contributed by atoms with E-state index in [1.807, 2.05) is 6.07 Å². The summed E-state index contributed by atoms with van der Waals surface area (Å²) in [5, 5.41) is 22.2. The van der Waals surface area contributed by atoms with Gasteiger partial charge in [0.05, 0.1) is 28.2 Å². The number of carbonyl (C=O) groups excluding carboxylic acids is 2. The van der Waals surface area contributed by atoms with E-state index >= 15 is 0 Å². The number of fused-ring (bicyclic) bond motifs is 2. The van der Waals surface area contributed by atoms with Crippen molar-refractivity contribution in [1.29, 1.82) is 0 Å². The zero-order valence-corrected chi connectivity index (χ0v) is 23.5. The van der Waals surface area contributed by atoms with Crippen LogP contribution in [0.25, 0.3) is 11.0 Å². The summed E-state index contributed by atoms with van der Waals surface area (Å²) < 4.78 is 37.1. The molecule has 0 radical (unpaired) electrons. The number of hydrogen-bond acceptors (Lipinski definition) is 6. The van der Waals surface area contributed by atoms with Crippen LogP contribution in [0.5, 0.6) is 0 Å². The molecule has 16 heteroatoms. The van der Waals surface area contributed by atoms with E-state index in [-0.39, 0.29) is 21.6 Å². The van der Waals surface area contributed by atoms with E-state index < -0.39 is 29.9 Å². The molecular formula is C25H16BrCl2F3N4O6. The standard InChI is InChI=1S/C23H15BrCl2N4O4.C2HF3O2/c1-34-22(32)29-21-27-18-6-5-11(7-19(18)28-21)23(33)15-10-17(26)16(25)9-14(15)20(31)30(23)13-4-2-3-12(24)8-13;3-2(4,5)1(6)7/h2-10,33H,1H3,(H2,27,28,29,32);(H,6,7). The third-order valence-corrected chi connectivity index (χ3v) is 7.01. The highest BCUT2D eigenvalue weighted by atomic mass is 79.9. The van der Waals surface area contributed by atoms with E-state index in [9.17, 15) is 27.9 Å². The second-order valence-corrected chi connectivity index (χ2v) is 10.1. The highest BCUT2D eigenvalue weighted by Crippen LogP contribution is 2.47. The Labute approximate surface area is 246 Å². The van der Waals surface area contributed by atoms with Gasteiger partial charge in [-0.2, -0.15) is 13.2 Å². The zero-order valence-electron chi connectivity index (χ0n) is 20.4. The molecule has 41 heavy (non-hydrogen) atoms. The van der Waals surface area contributed by atoms with Crippen molar-refractivity contribution < 1.29 is 42.5 Å². The van der Waals surface area contributed by atoms with E-state index in [4.69, 9.17) is 33.1 Å². The number of nitrogens with one attached hydrogen (secondary N) is 2. The van der Waals surface area contributed by atoms with Gasteiger partial charge in [-0.05, 0) is 42.5 Å². The van der Waals surface area contributed by atoms with Gasteiger partial charge in [0.1, 0.15) is 0 Å². The van der Waals surface area contributed by atoms with Crippen molar-refractivity contribution >= 4 is 79.8 Å². The Morgan fingerprint density at radius 3 is 2.39 bits per heavy atom. The number of H-pyrrole nitrogens is 1. The highest BCUT2D eigenvalue weighted by molar-refractivity contribution is 9.10. The Hall–Kier alpha value is -3.85. The molecule has 1 aliphatic heterocycles. The average Bonchev–Trinajstić information content (AvgIpc) is 3.39. The Kier molecular flexibility index (Phi) is 8.23. The molecule has 5 rings (SSSR count). The van der Waals surface area contributed by atoms with E-state index in [0.717, 1.165) is 4.47 Å². The number of carboxylic acid groups (broad SMARTS) is 1. The number of ether oxygens (including phenoxy) is 1.